The van der Waals surface area contributed by atoms with Crippen molar-refractivity contribution in [2.24, 2.45) is 0 Å². The molecule has 0 unspecified atom stereocenters. The van der Waals surface area contributed by atoms with E-state index in [1.54, 1.807) is 0 Å². The number of benzene rings is 10. The van der Waals surface area contributed by atoms with Crippen LogP contribution in [0.15, 0.2) is 255 Å². The molecule has 0 aliphatic heterocycles. The molecule has 10 rings (SSSR count). The molecule has 0 aliphatic carbocycles. The Hall–Kier alpha value is -8.46. The molecule has 10 aromatic rings. The van der Waals surface area contributed by atoms with Gasteiger partial charge < -0.3 is 9.80 Å². The number of hydrogen-bond acceptors (Lipinski definition) is 2. The van der Waals surface area contributed by atoms with Gasteiger partial charge in [0.05, 0.1) is 0 Å². The SMILES string of the molecule is C=C/C(C)=C\C=C\N(c1ccc(C)cc1)c1ccc2c(-c3ccc(-c4ccccc4)cc3)c3cc(N(c4ccc(C)cc4)c4ccc(C)cc4)ccc3c(-c3ccc(-c4ccccc4)cc3)c2c1. The summed E-state index contributed by atoms with van der Waals surface area (Å²) in [6.45, 7) is 12.5. The van der Waals surface area contributed by atoms with Gasteiger partial charge >= 0.3 is 0 Å². The van der Waals surface area contributed by atoms with Crippen LogP contribution in [0.4, 0.5) is 28.4 Å². The number of anilines is 5. The number of fused-ring (bicyclic) bond motifs is 2. The lowest BCUT2D eigenvalue weighted by Crippen LogP contribution is -2.10. The number of aryl methyl sites for hydroxylation is 3. The Labute approximate surface area is 401 Å². The van der Waals surface area contributed by atoms with E-state index in [2.05, 4.69) is 281 Å². The smallest absolute Gasteiger partial charge is 0.0468 e. The maximum Gasteiger partial charge on any atom is 0.0468 e. The van der Waals surface area contributed by atoms with E-state index in [9.17, 15) is 0 Å². The third-order valence-electron chi connectivity index (χ3n) is 13.0. The van der Waals surface area contributed by atoms with Crippen molar-refractivity contribution < 1.29 is 0 Å². The monoisotopic (exact) mass is 874 g/mol. The highest BCUT2D eigenvalue weighted by molar-refractivity contribution is 6.22. The van der Waals surface area contributed by atoms with Gasteiger partial charge in [0.1, 0.15) is 0 Å². The molecule has 0 spiro atoms. The van der Waals surface area contributed by atoms with Gasteiger partial charge in [-0.3, -0.25) is 0 Å². The molecule has 0 fully saturated rings. The van der Waals surface area contributed by atoms with Gasteiger partial charge in [-0.2, -0.15) is 0 Å². The molecule has 0 saturated heterocycles. The normalized spacial score (nSPS) is 11.6. The number of nitrogens with zero attached hydrogens (tertiary/aromatic N) is 2. The van der Waals surface area contributed by atoms with Crippen molar-refractivity contribution in [1.82, 2.24) is 0 Å². The van der Waals surface area contributed by atoms with Gasteiger partial charge in [-0.25, -0.2) is 0 Å². The fourth-order valence-electron chi connectivity index (χ4n) is 9.25. The fourth-order valence-corrected chi connectivity index (χ4v) is 9.25. The van der Waals surface area contributed by atoms with Crippen molar-refractivity contribution in [2.75, 3.05) is 9.80 Å². The minimum absolute atomic E-state index is 1.07. The lowest BCUT2D eigenvalue weighted by molar-refractivity contribution is 1.27. The number of allylic oxidation sites excluding steroid dienone is 4. The number of hydrogen-bond donors (Lipinski definition) is 0. The van der Waals surface area contributed by atoms with Gasteiger partial charge in [0, 0.05) is 34.6 Å². The van der Waals surface area contributed by atoms with Crippen molar-refractivity contribution in [3.63, 3.8) is 0 Å². The summed E-state index contributed by atoms with van der Waals surface area (Å²) in [5.74, 6) is 0. The second-order valence-electron chi connectivity index (χ2n) is 17.8. The molecule has 0 aliphatic rings. The van der Waals surface area contributed by atoms with Crippen LogP contribution in [0.1, 0.15) is 23.6 Å². The minimum Gasteiger partial charge on any atom is -0.317 e. The molecule has 0 atom stereocenters. The highest BCUT2D eigenvalue weighted by Gasteiger charge is 2.22. The van der Waals surface area contributed by atoms with Crippen LogP contribution in [0.25, 0.3) is 66.1 Å². The average molecular weight is 875 g/mol. The van der Waals surface area contributed by atoms with E-state index in [1.165, 1.54) is 71.6 Å². The quantitative estimate of drug-likeness (QED) is 0.0891. The molecule has 0 bridgehead atoms. The lowest BCUT2D eigenvalue weighted by Gasteiger charge is -2.27. The Morgan fingerprint density at radius 3 is 1.18 bits per heavy atom. The van der Waals surface area contributed by atoms with E-state index in [-0.39, 0.29) is 0 Å². The zero-order valence-corrected chi connectivity index (χ0v) is 39.2. The van der Waals surface area contributed by atoms with Crippen molar-refractivity contribution in [3.8, 4) is 44.5 Å². The third kappa shape index (κ3) is 8.93. The van der Waals surface area contributed by atoms with Gasteiger partial charge in [0.15, 0.2) is 0 Å². The lowest BCUT2D eigenvalue weighted by atomic mass is 9.84. The largest absolute Gasteiger partial charge is 0.317 e. The van der Waals surface area contributed by atoms with Gasteiger partial charge in [-0.15, -0.1) is 0 Å². The van der Waals surface area contributed by atoms with Gasteiger partial charge in [0.25, 0.3) is 0 Å². The Morgan fingerprint density at radius 1 is 0.368 bits per heavy atom. The fraction of sp³-hybridized carbons (Fsp3) is 0.0606. The van der Waals surface area contributed by atoms with Crippen molar-refractivity contribution in [1.29, 1.82) is 0 Å². The average Bonchev–Trinajstić information content (AvgIpc) is 3.39. The first-order valence-electron chi connectivity index (χ1n) is 23.4. The summed E-state index contributed by atoms with van der Waals surface area (Å²) in [6, 6.07) is 80.1. The Kier molecular flexibility index (Phi) is 12.2. The molecule has 68 heavy (non-hydrogen) atoms. The summed E-state index contributed by atoms with van der Waals surface area (Å²) < 4.78 is 0. The summed E-state index contributed by atoms with van der Waals surface area (Å²) in [5.41, 5.74) is 19.7. The zero-order valence-electron chi connectivity index (χ0n) is 39.2. The molecule has 0 N–H and O–H groups in total. The molecule has 0 amide bonds. The van der Waals surface area contributed by atoms with Gasteiger partial charge in [-0.05, 0) is 160 Å². The summed E-state index contributed by atoms with van der Waals surface area (Å²) in [4.78, 5) is 4.67. The minimum atomic E-state index is 1.07. The van der Waals surface area contributed by atoms with E-state index < -0.39 is 0 Å². The molecule has 0 saturated carbocycles. The van der Waals surface area contributed by atoms with Crippen LogP contribution in [-0.4, -0.2) is 0 Å². The van der Waals surface area contributed by atoms with Crippen molar-refractivity contribution >= 4 is 50.0 Å². The number of rotatable bonds is 12. The predicted molar refractivity (Wildman–Crippen MR) is 294 cm³/mol. The first-order valence-corrected chi connectivity index (χ1v) is 23.4. The molecular weight excluding hydrogens is 821 g/mol. The van der Waals surface area contributed by atoms with Crippen LogP contribution in [0.5, 0.6) is 0 Å². The van der Waals surface area contributed by atoms with Crippen LogP contribution in [-0.2, 0) is 0 Å². The highest BCUT2D eigenvalue weighted by Crippen LogP contribution is 2.48. The van der Waals surface area contributed by atoms with Crippen molar-refractivity contribution in [2.45, 2.75) is 27.7 Å². The second kappa shape index (κ2) is 19.2. The summed E-state index contributed by atoms with van der Waals surface area (Å²) in [6.07, 6.45) is 8.26. The van der Waals surface area contributed by atoms with E-state index >= 15 is 0 Å². The molecule has 2 heteroatoms. The zero-order chi connectivity index (χ0) is 46.6. The topological polar surface area (TPSA) is 6.48 Å². The Balaban J connectivity index is 1.28. The van der Waals surface area contributed by atoms with Crippen LogP contribution in [0.3, 0.4) is 0 Å². The molecule has 10 aromatic carbocycles. The maximum atomic E-state index is 3.99. The summed E-state index contributed by atoms with van der Waals surface area (Å²) >= 11 is 0. The van der Waals surface area contributed by atoms with Gasteiger partial charge in [-0.1, -0.05) is 199 Å². The van der Waals surface area contributed by atoms with E-state index in [0.717, 1.165) is 45.1 Å². The van der Waals surface area contributed by atoms with Crippen molar-refractivity contribution in [3.05, 3.63) is 272 Å². The highest BCUT2D eigenvalue weighted by atomic mass is 15.1. The van der Waals surface area contributed by atoms with Crippen LogP contribution < -0.4 is 9.80 Å². The molecule has 328 valence electrons. The Morgan fingerprint density at radius 2 is 0.735 bits per heavy atom. The van der Waals surface area contributed by atoms with Crippen LogP contribution in [0.2, 0.25) is 0 Å². The standard InChI is InChI=1S/C66H54N2/c1-6-46(2)14-13-43-67(56-33-19-47(3)20-34-56)59-39-41-61-63(44-59)65(54-29-25-52(26-30-54)50-15-9-7-10-16-50)62-42-40-60(68(57-35-21-48(4)22-36-57)58-37-23-49(5)24-38-58)45-64(62)66(61)55-31-27-53(28-32-55)51-17-11-8-12-18-51/h6-45H,1H2,2-5H3/b43-13+,46-14-. The second-order valence-corrected chi connectivity index (χ2v) is 17.8. The van der Waals surface area contributed by atoms with Gasteiger partial charge in [0.2, 0.25) is 0 Å². The molecule has 0 heterocycles. The van der Waals surface area contributed by atoms with E-state index in [0.29, 0.717) is 0 Å². The summed E-state index contributed by atoms with van der Waals surface area (Å²) in [5, 5.41) is 4.72. The van der Waals surface area contributed by atoms with Crippen LogP contribution >= 0.6 is 0 Å². The van der Waals surface area contributed by atoms with Crippen LogP contribution in [0, 0.1) is 20.8 Å². The molecule has 0 radical (unpaired) electrons. The first kappa shape index (κ1) is 43.4. The Bertz CT molecular complexity index is 3390. The molecule has 0 aromatic heterocycles. The third-order valence-corrected chi connectivity index (χ3v) is 13.0. The molecule has 2 nitrogen and oxygen atoms in total. The maximum absolute atomic E-state index is 3.99. The summed E-state index contributed by atoms with van der Waals surface area (Å²) in [7, 11) is 0. The molecular formula is C66H54N2. The predicted octanol–water partition coefficient (Wildman–Crippen LogP) is 18.8. The van der Waals surface area contributed by atoms with E-state index in [4.69, 9.17) is 0 Å². The van der Waals surface area contributed by atoms with E-state index in [1.807, 2.05) is 6.08 Å². The first-order chi connectivity index (χ1) is 33.3.